The van der Waals surface area contributed by atoms with Crippen LogP contribution in [0.4, 0.5) is 5.69 Å². The molecule has 6 nitrogen and oxygen atoms in total. The van der Waals surface area contributed by atoms with E-state index in [1.54, 1.807) is 43.5 Å². The fraction of sp³-hybridized carbons (Fsp3) is 0.280. The number of hydrogen-bond acceptors (Lipinski definition) is 4. The Labute approximate surface area is 181 Å². The fourth-order valence-corrected chi connectivity index (χ4v) is 3.86. The first-order valence-electron chi connectivity index (χ1n) is 10.4. The SMILES string of the molecule is COc1cccc(NC(=O)[C@H](OC(=O)c2cc(C)n(C3CC3)c2C)c2ccccc2)c1. The van der Waals surface area contributed by atoms with E-state index < -0.39 is 18.0 Å². The number of hydrogen-bond donors (Lipinski definition) is 1. The monoisotopic (exact) mass is 418 g/mol. The number of methoxy groups -OCH3 is 1. The standard InChI is InChI=1S/C25H26N2O4/c1-16-14-22(17(2)27(16)20-12-13-20)25(29)31-23(18-8-5-4-6-9-18)24(28)26-19-10-7-11-21(15-19)30-3/h4-11,14-15,20,23H,12-13H2,1-3H3,(H,26,28)/t23-/m1/s1. The zero-order chi connectivity index (χ0) is 22.0. The van der Waals surface area contributed by atoms with E-state index >= 15 is 0 Å². The highest BCUT2D eigenvalue weighted by molar-refractivity contribution is 5.98. The van der Waals surface area contributed by atoms with Gasteiger partial charge in [0, 0.05) is 34.7 Å². The second kappa shape index (κ2) is 8.68. The molecule has 1 saturated carbocycles. The number of carbonyl (C=O) groups is 2. The molecule has 6 heteroatoms. The van der Waals surface area contributed by atoms with Crippen molar-refractivity contribution in [2.24, 2.45) is 0 Å². The number of aromatic nitrogens is 1. The molecule has 1 aliphatic carbocycles. The van der Waals surface area contributed by atoms with Crippen molar-refractivity contribution >= 4 is 17.6 Å². The Bertz CT molecular complexity index is 1100. The molecular weight excluding hydrogens is 392 g/mol. The molecule has 0 saturated heterocycles. The average molecular weight is 418 g/mol. The van der Waals surface area contributed by atoms with Crippen LogP contribution in [0.3, 0.4) is 0 Å². The molecule has 0 bridgehead atoms. The predicted molar refractivity (Wildman–Crippen MR) is 118 cm³/mol. The Morgan fingerprint density at radius 1 is 1.03 bits per heavy atom. The van der Waals surface area contributed by atoms with Crippen molar-refractivity contribution in [2.75, 3.05) is 12.4 Å². The summed E-state index contributed by atoms with van der Waals surface area (Å²) in [5.41, 5.74) is 3.58. The van der Waals surface area contributed by atoms with Gasteiger partial charge in [0.25, 0.3) is 5.91 Å². The van der Waals surface area contributed by atoms with Gasteiger partial charge in [0.2, 0.25) is 6.10 Å². The Morgan fingerprint density at radius 3 is 2.45 bits per heavy atom. The molecule has 3 aromatic rings. The Hall–Kier alpha value is -3.54. The van der Waals surface area contributed by atoms with Crippen LogP contribution >= 0.6 is 0 Å². The number of esters is 1. The van der Waals surface area contributed by atoms with Gasteiger partial charge in [-0.1, -0.05) is 36.4 Å². The largest absolute Gasteiger partial charge is 0.497 e. The third-order valence-corrected chi connectivity index (χ3v) is 5.52. The third kappa shape index (κ3) is 4.48. The first kappa shape index (κ1) is 20.7. The Kier molecular flexibility index (Phi) is 5.80. The van der Waals surface area contributed by atoms with Crippen LogP contribution in [0.15, 0.2) is 60.7 Å². The summed E-state index contributed by atoms with van der Waals surface area (Å²) in [7, 11) is 1.56. The number of nitrogens with one attached hydrogen (secondary N) is 1. The van der Waals surface area contributed by atoms with E-state index in [1.807, 2.05) is 38.1 Å². The molecule has 1 heterocycles. The number of ether oxygens (including phenoxy) is 2. The summed E-state index contributed by atoms with van der Waals surface area (Å²) in [5, 5.41) is 2.83. The van der Waals surface area contributed by atoms with Crippen molar-refractivity contribution in [3.8, 4) is 5.75 Å². The molecule has 1 aliphatic rings. The third-order valence-electron chi connectivity index (χ3n) is 5.52. The van der Waals surface area contributed by atoms with Gasteiger partial charge in [0.1, 0.15) is 5.75 Å². The molecule has 1 aromatic heterocycles. The van der Waals surface area contributed by atoms with Crippen LogP contribution in [0.25, 0.3) is 0 Å². The minimum absolute atomic E-state index is 0.427. The van der Waals surface area contributed by atoms with Crippen LogP contribution in [-0.2, 0) is 9.53 Å². The maximum atomic E-state index is 13.1. The lowest BCUT2D eigenvalue weighted by atomic mass is 10.1. The highest BCUT2D eigenvalue weighted by Gasteiger charge is 2.31. The second-order valence-electron chi connectivity index (χ2n) is 7.80. The number of aryl methyl sites for hydroxylation is 1. The molecule has 1 atom stereocenters. The summed E-state index contributed by atoms with van der Waals surface area (Å²) < 4.78 is 13.2. The van der Waals surface area contributed by atoms with Gasteiger partial charge in [0.05, 0.1) is 12.7 Å². The van der Waals surface area contributed by atoms with E-state index in [0.29, 0.717) is 28.6 Å². The van der Waals surface area contributed by atoms with Crippen LogP contribution in [0.1, 0.15) is 52.3 Å². The van der Waals surface area contributed by atoms with E-state index in [1.165, 1.54) is 0 Å². The molecule has 1 fully saturated rings. The van der Waals surface area contributed by atoms with Crippen LogP contribution in [-0.4, -0.2) is 23.6 Å². The van der Waals surface area contributed by atoms with Gasteiger partial charge in [-0.15, -0.1) is 0 Å². The van der Waals surface area contributed by atoms with E-state index in [4.69, 9.17) is 9.47 Å². The lowest BCUT2D eigenvalue weighted by molar-refractivity contribution is -0.125. The van der Waals surface area contributed by atoms with Gasteiger partial charge in [-0.3, -0.25) is 4.79 Å². The molecular formula is C25H26N2O4. The number of nitrogens with zero attached hydrogens (tertiary/aromatic N) is 1. The molecule has 1 N–H and O–H groups in total. The Balaban J connectivity index is 1.59. The van der Waals surface area contributed by atoms with Crippen molar-refractivity contribution in [2.45, 2.75) is 38.8 Å². The number of rotatable bonds is 7. The maximum Gasteiger partial charge on any atom is 0.341 e. The van der Waals surface area contributed by atoms with Gasteiger partial charge < -0.3 is 19.4 Å². The number of anilines is 1. The first-order chi connectivity index (χ1) is 15.0. The summed E-state index contributed by atoms with van der Waals surface area (Å²) in [4.78, 5) is 26.2. The average Bonchev–Trinajstić information content (AvgIpc) is 3.56. The summed E-state index contributed by atoms with van der Waals surface area (Å²) in [6, 6.07) is 18.4. The van der Waals surface area contributed by atoms with Crippen LogP contribution in [0, 0.1) is 13.8 Å². The molecule has 0 spiro atoms. The second-order valence-corrected chi connectivity index (χ2v) is 7.80. The molecule has 2 aromatic carbocycles. The highest BCUT2D eigenvalue weighted by atomic mass is 16.5. The summed E-state index contributed by atoms with van der Waals surface area (Å²) >= 11 is 0. The van der Waals surface area contributed by atoms with Crippen LogP contribution in [0.5, 0.6) is 5.75 Å². The highest BCUT2D eigenvalue weighted by Crippen LogP contribution is 2.38. The molecule has 1 amide bonds. The number of amides is 1. The zero-order valence-corrected chi connectivity index (χ0v) is 17.9. The van der Waals surface area contributed by atoms with E-state index in [9.17, 15) is 9.59 Å². The van der Waals surface area contributed by atoms with Gasteiger partial charge in [0.15, 0.2) is 0 Å². The lowest BCUT2D eigenvalue weighted by Gasteiger charge is -2.18. The van der Waals surface area contributed by atoms with Gasteiger partial charge >= 0.3 is 5.97 Å². The van der Waals surface area contributed by atoms with E-state index in [2.05, 4.69) is 9.88 Å². The van der Waals surface area contributed by atoms with Crippen molar-refractivity contribution < 1.29 is 19.1 Å². The van der Waals surface area contributed by atoms with Crippen molar-refractivity contribution in [3.63, 3.8) is 0 Å². The smallest absolute Gasteiger partial charge is 0.341 e. The molecule has 160 valence electrons. The van der Waals surface area contributed by atoms with Crippen molar-refractivity contribution in [3.05, 3.63) is 83.2 Å². The number of benzene rings is 2. The van der Waals surface area contributed by atoms with E-state index in [0.717, 1.165) is 24.2 Å². The minimum atomic E-state index is -1.08. The minimum Gasteiger partial charge on any atom is -0.497 e. The normalized spacial score (nSPS) is 14.0. The van der Waals surface area contributed by atoms with Gasteiger partial charge in [-0.05, 0) is 44.9 Å². The molecule has 0 unspecified atom stereocenters. The van der Waals surface area contributed by atoms with E-state index in [-0.39, 0.29) is 0 Å². The van der Waals surface area contributed by atoms with Crippen molar-refractivity contribution in [1.29, 1.82) is 0 Å². The van der Waals surface area contributed by atoms with Gasteiger partial charge in [-0.2, -0.15) is 0 Å². The first-order valence-corrected chi connectivity index (χ1v) is 10.4. The topological polar surface area (TPSA) is 69.6 Å². The molecule has 4 rings (SSSR count). The fourth-order valence-electron chi connectivity index (χ4n) is 3.86. The molecule has 31 heavy (non-hydrogen) atoms. The number of carbonyl (C=O) groups excluding carboxylic acids is 2. The van der Waals surface area contributed by atoms with Crippen LogP contribution in [0.2, 0.25) is 0 Å². The maximum absolute atomic E-state index is 13.1. The quantitative estimate of drug-likeness (QED) is 0.549. The van der Waals surface area contributed by atoms with Gasteiger partial charge in [-0.25, -0.2) is 4.79 Å². The molecule has 0 aliphatic heterocycles. The van der Waals surface area contributed by atoms with Crippen LogP contribution < -0.4 is 10.1 Å². The Morgan fingerprint density at radius 2 is 1.77 bits per heavy atom. The predicted octanol–water partition coefficient (Wildman–Crippen LogP) is 4.99. The summed E-state index contributed by atoms with van der Waals surface area (Å²) in [6.07, 6.45) is 1.17. The summed E-state index contributed by atoms with van der Waals surface area (Å²) in [5.74, 6) is -0.308. The molecule has 0 radical (unpaired) electrons. The summed E-state index contributed by atoms with van der Waals surface area (Å²) in [6.45, 7) is 3.92. The lowest BCUT2D eigenvalue weighted by Crippen LogP contribution is -2.26. The van der Waals surface area contributed by atoms with Crippen molar-refractivity contribution in [1.82, 2.24) is 4.57 Å². The zero-order valence-electron chi connectivity index (χ0n) is 17.9.